The van der Waals surface area contributed by atoms with Crippen molar-refractivity contribution in [1.29, 1.82) is 0 Å². The fraction of sp³-hybridized carbons (Fsp3) is 0.500. The van der Waals surface area contributed by atoms with Crippen LogP contribution in [0.4, 0.5) is 0 Å². The molecule has 0 bridgehead atoms. The number of rotatable bonds is 1. The Kier molecular flexibility index (Phi) is 2.84. The van der Waals surface area contributed by atoms with Gasteiger partial charge in [-0.3, -0.25) is 0 Å². The minimum atomic E-state index is 0.220. The van der Waals surface area contributed by atoms with E-state index >= 15 is 0 Å². The van der Waals surface area contributed by atoms with Crippen molar-refractivity contribution in [2.75, 3.05) is 6.26 Å². The van der Waals surface area contributed by atoms with E-state index in [1.54, 1.807) is 0 Å². The van der Waals surface area contributed by atoms with Crippen LogP contribution in [0.5, 0.6) is 0 Å². The Morgan fingerprint density at radius 2 is 1.93 bits per heavy atom. The van der Waals surface area contributed by atoms with Gasteiger partial charge in [0.1, 0.15) is 0 Å². The van der Waals surface area contributed by atoms with Gasteiger partial charge in [0.05, 0.1) is 0 Å². The average molecular weight is 207 g/mol. The molecule has 0 aromatic heterocycles. The summed E-state index contributed by atoms with van der Waals surface area (Å²) in [6.07, 6.45) is 3.37. The highest BCUT2D eigenvalue weighted by molar-refractivity contribution is 7.99. The number of nitrogens with two attached hydrogens (primary N) is 1. The van der Waals surface area contributed by atoms with Crippen molar-refractivity contribution in [3.63, 3.8) is 0 Å². The first-order valence-corrected chi connectivity index (χ1v) is 6.40. The lowest BCUT2D eigenvalue weighted by atomic mass is 9.81. The standard InChI is InChI=1S/C12H17NS/c1-8-7-11(14-2)12(13)10-6-4-3-5-9(8)10/h3-6,8,11-12H,7,13H2,1-2H3. The van der Waals surface area contributed by atoms with Crippen LogP contribution in [0.1, 0.15) is 36.4 Å². The van der Waals surface area contributed by atoms with Gasteiger partial charge in [-0.15, -0.1) is 0 Å². The smallest absolute Gasteiger partial charge is 0.0418 e. The topological polar surface area (TPSA) is 26.0 Å². The van der Waals surface area contributed by atoms with Crippen molar-refractivity contribution in [3.05, 3.63) is 35.4 Å². The Hall–Kier alpha value is -0.470. The predicted molar refractivity (Wildman–Crippen MR) is 63.7 cm³/mol. The third-order valence-electron chi connectivity index (χ3n) is 3.18. The summed E-state index contributed by atoms with van der Waals surface area (Å²) in [5.41, 5.74) is 9.04. The van der Waals surface area contributed by atoms with Crippen LogP contribution in [0.25, 0.3) is 0 Å². The van der Waals surface area contributed by atoms with Gasteiger partial charge in [0.15, 0.2) is 0 Å². The number of fused-ring (bicyclic) bond motifs is 1. The molecule has 1 aromatic rings. The first kappa shape index (κ1) is 10.1. The third-order valence-corrected chi connectivity index (χ3v) is 4.27. The van der Waals surface area contributed by atoms with Gasteiger partial charge < -0.3 is 5.73 Å². The van der Waals surface area contributed by atoms with E-state index < -0.39 is 0 Å². The van der Waals surface area contributed by atoms with Gasteiger partial charge in [0.25, 0.3) is 0 Å². The molecule has 1 nitrogen and oxygen atoms in total. The molecule has 76 valence electrons. The summed E-state index contributed by atoms with van der Waals surface area (Å²) >= 11 is 1.90. The number of benzene rings is 1. The molecule has 0 heterocycles. The van der Waals surface area contributed by atoms with Crippen LogP contribution < -0.4 is 5.73 Å². The van der Waals surface area contributed by atoms with Crippen LogP contribution in [0.2, 0.25) is 0 Å². The molecule has 2 N–H and O–H groups in total. The van der Waals surface area contributed by atoms with Crippen LogP contribution in [0, 0.1) is 0 Å². The van der Waals surface area contributed by atoms with Crippen LogP contribution in [0.15, 0.2) is 24.3 Å². The van der Waals surface area contributed by atoms with Gasteiger partial charge in [-0.2, -0.15) is 11.8 Å². The fourth-order valence-electron chi connectivity index (χ4n) is 2.33. The SMILES string of the molecule is CSC1CC(C)c2ccccc2C1N. The van der Waals surface area contributed by atoms with Crippen molar-refractivity contribution in [2.45, 2.75) is 30.6 Å². The maximum Gasteiger partial charge on any atom is 0.0418 e. The van der Waals surface area contributed by atoms with E-state index in [0.717, 1.165) is 0 Å². The molecule has 1 aromatic carbocycles. The molecule has 2 rings (SSSR count). The molecule has 1 aliphatic rings. The average Bonchev–Trinajstić information content (AvgIpc) is 2.23. The van der Waals surface area contributed by atoms with Gasteiger partial charge in [-0.1, -0.05) is 31.2 Å². The zero-order chi connectivity index (χ0) is 10.1. The van der Waals surface area contributed by atoms with Crippen molar-refractivity contribution in [3.8, 4) is 0 Å². The molecule has 2 heteroatoms. The second-order valence-electron chi connectivity index (χ2n) is 4.07. The van der Waals surface area contributed by atoms with Crippen molar-refractivity contribution in [2.24, 2.45) is 5.73 Å². The molecule has 0 amide bonds. The van der Waals surface area contributed by atoms with Gasteiger partial charge in [0.2, 0.25) is 0 Å². The van der Waals surface area contributed by atoms with E-state index in [2.05, 4.69) is 37.4 Å². The highest BCUT2D eigenvalue weighted by Gasteiger charge is 2.29. The Labute approximate surface area is 90.1 Å². The highest BCUT2D eigenvalue weighted by Crippen LogP contribution is 2.40. The lowest BCUT2D eigenvalue weighted by molar-refractivity contribution is 0.528. The Morgan fingerprint density at radius 3 is 2.57 bits per heavy atom. The maximum atomic E-state index is 6.24. The molecule has 0 radical (unpaired) electrons. The van der Waals surface area contributed by atoms with Gasteiger partial charge >= 0.3 is 0 Å². The molecule has 0 fully saturated rings. The zero-order valence-electron chi connectivity index (χ0n) is 8.73. The molecule has 3 atom stereocenters. The third kappa shape index (κ3) is 1.57. The largest absolute Gasteiger partial charge is 0.323 e. The second-order valence-corrected chi connectivity index (χ2v) is 5.14. The molecule has 14 heavy (non-hydrogen) atoms. The molecule has 0 saturated heterocycles. The first-order valence-electron chi connectivity index (χ1n) is 5.11. The molecule has 0 aliphatic heterocycles. The van der Waals surface area contributed by atoms with Crippen molar-refractivity contribution >= 4 is 11.8 Å². The predicted octanol–water partition coefficient (Wildman–Crippen LogP) is 2.93. The maximum absolute atomic E-state index is 6.24. The minimum Gasteiger partial charge on any atom is -0.323 e. The molecular weight excluding hydrogens is 190 g/mol. The van der Waals surface area contributed by atoms with E-state index in [4.69, 9.17) is 5.73 Å². The van der Waals surface area contributed by atoms with Gasteiger partial charge in [0, 0.05) is 11.3 Å². The summed E-state index contributed by atoms with van der Waals surface area (Å²) in [5.74, 6) is 0.656. The van der Waals surface area contributed by atoms with Gasteiger partial charge in [-0.25, -0.2) is 0 Å². The summed E-state index contributed by atoms with van der Waals surface area (Å²) in [4.78, 5) is 0. The molecule has 3 unspecified atom stereocenters. The zero-order valence-corrected chi connectivity index (χ0v) is 9.55. The lowest BCUT2D eigenvalue weighted by Gasteiger charge is -2.33. The minimum absolute atomic E-state index is 0.220. The van der Waals surface area contributed by atoms with Gasteiger partial charge in [-0.05, 0) is 29.7 Å². The van der Waals surface area contributed by atoms with E-state index in [1.807, 2.05) is 11.8 Å². The molecule has 1 aliphatic carbocycles. The lowest BCUT2D eigenvalue weighted by Crippen LogP contribution is -2.30. The second kappa shape index (κ2) is 3.95. The van der Waals surface area contributed by atoms with E-state index in [9.17, 15) is 0 Å². The fourth-order valence-corrected chi connectivity index (χ4v) is 3.25. The van der Waals surface area contributed by atoms with E-state index in [0.29, 0.717) is 11.2 Å². The summed E-state index contributed by atoms with van der Waals surface area (Å²) < 4.78 is 0. The first-order chi connectivity index (χ1) is 6.74. The van der Waals surface area contributed by atoms with Crippen LogP contribution in [-0.4, -0.2) is 11.5 Å². The molecular formula is C12H17NS. The monoisotopic (exact) mass is 207 g/mol. The Bertz CT molecular complexity index is 324. The normalized spacial score (nSPS) is 31.2. The molecule has 0 saturated carbocycles. The number of hydrogen-bond donors (Lipinski definition) is 1. The van der Waals surface area contributed by atoms with Crippen molar-refractivity contribution in [1.82, 2.24) is 0 Å². The summed E-state index contributed by atoms with van der Waals surface area (Å²) in [6.45, 7) is 2.30. The van der Waals surface area contributed by atoms with E-state index in [-0.39, 0.29) is 6.04 Å². The number of thioether (sulfide) groups is 1. The number of hydrogen-bond acceptors (Lipinski definition) is 2. The molecule has 0 spiro atoms. The van der Waals surface area contributed by atoms with Crippen LogP contribution in [-0.2, 0) is 0 Å². The highest BCUT2D eigenvalue weighted by atomic mass is 32.2. The Morgan fingerprint density at radius 1 is 1.29 bits per heavy atom. The summed E-state index contributed by atoms with van der Waals surface area (Å²) in [7, 11) is 0. The summed E-state index contributed by atoms with van der Waals surface area (Å²) in [6, 6.07) is 8.82. The summed E-state index contributed by atoms with van der Waals surface area (Å²) in [5, 5.41) is 0.583. The quantitative estimate of drug-likeness (QED) is 0.766. The van der Waals surface area contributed by atoms with Crippen LogP contribution >= 0.6 is 11.8 Å². The Balaban J connectivity index is 2.41. The van der Waals surface area contributed by atoms with Crippen molar-refractivity contribution < 1.29 is 0 Å². The van der Waals surface area contributed by atoms with E-state index in [1.165, 1.54) is 17.5 Å². The van der Waals surface area contributed by atoms with Crippen LogP contribution in [0.3, 0.4) is 0 Å².